The van der Waals surface area contributed by atoms with E-state index >= 15 is 0 Å². The van der Waals surface area contributed by atoms with E-state index in [2.05, 4.69) is 0 Å². The van der Waals surface area contributed by atoms with Crippen LogP contribution < -0.4 is 25.7 Å². The average Bonchev–Trinajstić information content (AvgIpc) is 3.03. The van der Waals surface area contributed by atoms with E-state index in [-0.39, 0.29) is 39.9 Å². The van der Waals surface area contributed by atoms with Crippen LogP contribution in [0.5, 0.6) is 23.0 Å². The summed E-state index contributed by atoms with van der Waals surface area (Å²) in [4.78, 5) is 35.9. The smallest absolute Gasteiger partial charge is 0.342 e. The molecule has 0 fully saturated rings. The van der Waals surface area contributed by atoms with Gasteiger partial charge in [0, 0.05) is 42.7 Å². The van der Waals surface area contributed by atoms with Crippen LogP contribution in [0.2, 0.25) is 0 Å². The number of benzene rings is 3. The lowest BCUT2D eigenvalue weighted by Crippen LogP contribution is -2.33. The molecule has 0 bridgehead atoms. The fourth-order valence-corrected chi connectivity index (χ4v) is 4.27. The van der Waals surface area contributed by atoms with Crippen molar-refractivity contribution in [2.45, 2.75) is 19.4 Å². The number of nitrogens with two attached hydrogens (primary N) is 2. The molecule has 0 amide bonds. The van der Waals surface area contributed by atoms with Crippen LogP contribution in [-0.4, -0.2) is 17.9 Å². The van der Waals surface area contributed by atoms with Crippen molar-refractivity contribution in [2.24, 2.45) is 0 Å². The molecular formula is C24H18N2O7. The molecule has 0 saturated heterocycles. The highest BCUT2D eigenvalue weighted by atomic mass is 16.6. The quantitative estimate of drug-likeness (QED) is 0.345. The second-order valence-corrected chi connectivity index (χ2v) is 7.67. The maximum atomic E-state index is 13.0. The van der Waals surface area contributed by atoms with Crippen molar-refractivity contribution in [2.75, 3.05) is 11.5 Å². The third-order valence-electron chi connectivity index (χ3n) is 5.52. The van der Waals surface area contributed by atoms with Crippen LogP contribution in [0.25, 0.3) is 0 Å². The highest BCUT2D eigenvalue weighted by molar-refractivity contribution is 6.04. The highest BCUT2D eigenvalue weighted by Crippen LogP contribution is 2.58. The number of fused-ring (bicyclic) bond motifs is 6. The Balaban J connectivity index is 1.79. The van der Waals surface area contributed by atoms with Crippen LogP contribution in [0.3, 0.4) is 0 Å². The summed E-state index contributed by atoms with van der Waals surface area (Å²) in [6.45, 7) is 2.56. The van der Waals surface area contributed by atoms with E-state index in [1.807, 2.05) is 0 Å². The number of rotatable bonds is 2. The molecule has 3 aromatic carbocycles. The predicted octanol–water partition coefficient (Wildman–Crippen LogP) is 3.27. The lowest BCUT2D eigenvalue weighted by molar-refractivity contribution is -0.132. The van der Waals surface area contributed by atoms with Crippen molar-refractivity contribution in [3.05, 3.63) is 70.8 Å². The summed E-state index contributed by atoms with van der Waals surface area (Å²) in [7, 11) is 0. The van der Waals surface area contributed by atoms with E-state index in [4.69, 9.17) is 30.4 Å². The minimum Gasteiger partial charge on any atom is -0.456 e. The minimum absolute atomic E-state index is 0.122. The number of anilines is 2. The number of hydrogen-bond donors (Lipinski definition) is 2. The molecule has 0 atom stereocenters. The number of carbonyl (C=O) groups is 3. The standard InChI is InChI=1S/C24H18N2O7/c1-11(27)30-13-3-5-15-19(9-13)32-20-10-14(31-12(2)28)4-6-16(20)24(15)17-7-8-18(25)22(26)21(17)23(29)33-24/h3-10H,25-26H2,1-2H3. The lowest BCUT2D eigenvalue weighted by Gasteiger charge is -2.36. The molecule has 9 heteroatoms. The molecule has 4 N–H and O–H groups in total. The molecule has 1 spiro atoms. The van der Waals surface area contributed by atoms with Crippen LogP contribution in [0, 0.1) is 0 Å². The molecule has 3 aromatic rings. The zero-order valence-corrected chi connectivity index (χ0v) is 17.6. The number of esters is 3. The van der Waals surface area contributed by atoms with Crippen LogP contribution in [0.4, 0.5) is 11.4 Å². The molecule has 0 aromatic heterocycles. The number of ether oxygens (including phenoxy) is 4. The first-order valence-electron chi connectivity index (χ1n) is 9.96. The second kappa shape index (κ2) is 6.99. The Morgan fingerprint density at radius 3 is 1.85 bits per heavy atom. The van der Waals surface area contributed by atoms with Gasteiger partial charge in [0.2, 0.25) is 0 Å². The molecule has 0 radical (unpaired) electrons. The normalized spacial score (nSPS) is 14.4. The van der Waals surface area contributed by atoms with Gasteiger partial charge in [0.15, 0.2) is 5.60 Å². The van der Waals surface area contributed by atoms with Crippen molar-refractivity contribution in [1.82, 2.24) is 0 Å². The third-order valence-corrected chi connectivity index (χ3v) is 5.52. The first kappa shape index (κ1) is 20.4. The van der Waals surface area contributed by atoms with Crippen molar-refractivity contribution in [1.29, 1.82) is 0 Å². The van der Waals surface area contributed by atoms with Gasteiger partial charge in [-0.2, -0.15) is 0 Å². The number of hydrogen-bond acceptors (Lipinski definition) is 9. The molecule has 33 heavy (non-hydrogen) atoms. The van der Waals surface area contributed by atoms with Crippen molar-refractivity contribution >= 4 is 29.3 Å². The summed E-state index contributed by atoms with van der Waals surface area (Å²) in [5, 5.41) is 0. The van der Waals surface area contributed by atoms with E-state index < -0.39 is 23.5 Å². The molecule has 0 aliphatic carbocycles. The molecule has 0 saturated carbocycles. The van der Waals surface area contributed by atoms with Gasteiger partial charge < -0.3 is 30.4 Å². The van der Waals surface area contributed by atoms with E-state index in [0.717, 1.165) is 0 Å². The van der Waals surface area contributed by atoms with Crippen molar-refractivity contribution < 1.29 is 33.3 Å². The average molecular weight is 446 g/mol. The van der Waals surface area contributed by atoms with Gasteiger partial charge in [0.1, 0.15) is 23.0 Å². The highest BCUT2D eigenvalue weighted by Gasteiger charge is 2.54. The largest absolute Gasteiger partial charge is 0.456 e. The predicted molar refractivity (Wildman–Crippen MR) is 116 cm³/mol. The molecule has 2 aliphatic rings. The Hall–Kier alpha value is -4.53. The molecule has 0 unspecified atom stereocenters. The zero-order valence-electron chi connectivity index (χ0n) is 17.6. The first-order chi connectivity index (χ1) is 15.7. The van der Waals surface area contributed by atoms with Crippen molar-refractivity contribution in [3.8, 4) is 23.0 Å². The molecule has 9 nitrogen and oxygen atoms in total. The summed E-state index contributed by atoms with van der Waals surface area (Å²) >= 11 is 0. The summed E-state index contributed by atoms with van der Waals surface area (Å²) < 4.78 is 22.5. The molecular weight excluding hydrogens is 428 g/mol. The van der Waals surface area contributed by atoms with Crippen molar-refractivity contribution in [3.63, 3.8) is 0 Å². The van der Waals surface area contributed by atoms with Gasteiger partial charge in [0.05, 0.1) is 16.9 Å². The van der Waals surface area contributed by atoms with Gasteiger partial charge in [-0.3, -0.25) is 9.59 Å². The Morgan fingerprint density at radius 1 is 0.818 bits per heavy atom. The SMILES string of the molecule is CC(=O)Oc1ccc2c(c1)Oc1cc(OC(C)=O)ccc1C21OC(=O)c2c1ccc(N)c2N. The Kier molecular flexibility index (Phi) is 4.32. The molecule has 2 heterocycles. The summed E-state index contributed by atoms with van der Waals surface area (Å²) in [6, 6.07) is 12.8. The van der Waals surface area contributed by atoms with Gasteiger partial charge in [0.25, 0.3) is 0 Å². The van der Waals surface area contributed by atoms with Gasteiger partial charge in [-0.25, -0.2) is 4.79 Å². The summed E-state index contributed by atoms with van der Waals surface area (Å²) in [5.41, 5.74) is 12.7. The van der Waals surface area contributed by atoms with E-state index in [9.17, 15) is 14.4 Å². The van der Waals surface area contributed by atoms with Gasteiger partial charge in [-0.05, 0) is 30.3 Å². The van der Waals surface area contributed by atoms with Gasteiger partial charge >= 0.3 is 17.9 Å². The van der Waals surface area contributed by atoms with Crippen LogP contribution in [0.1, 0.15) is 40.9 Å². The Labute approximate surface area is 187 Å². The number of carbonyl (C=O) groups excluding carboxylic acids is 3. The number of nitrogen functional groups attached to an aromatic ring is 2. The minimum atomic E-state index is -1.40. The summed E-state index contributed by atoms with van der Waals surface area (Å²) in [5.74, 6) is -0.566. The van der Waals surface area contributed by atoms with Crippen LogP contribution in [0.15, 0.2) is 48.5 Å². The van der Waals surface area contributed by atoms with Crippen LogP contribution >= 0.6 is 0 Å². The topological polar surface area (TPSA) is 140 Å². The molecule has 166 valence electrons. The van der Waals surface area contributed by atoms with Gasteiger partial charge in [-0.15, -0.1) is 0 Å². The van der Waals surface area contributed by atoms with Gasteiger partial charge in [-0.1, -0.05) is 6.07 Å². The fourth-order valence-electron chi connectivity index (χ4n) is 4.27. The lowest BCUT2D eigenvalue weighted by atomic mass is 9.77. The second-order valence-electron chi connectivity index (χ2n) is 7.67. The Morgan fingerprint density at radius 2 is 1.33 bits per heavy atom. The van der Waals surface area contributed by atoms with E-state index in [1.165, 1.54) is 26.0 Å². The maximum Gasteiger partial charge on any atom is 0.342 e. The van der Waals surface area contributed by atoms with E-state index in [1.54, 1.807) is 36.4 Å². The third kappa shape index (κ3) is 2.97. The monoisotopic (exact) mass is 446 g/mol. The molecule has 2 aliphatic heterocycles. The summed E-state index contributed by atoms with van der Waals surface area (Å²) in [6.07, 6.45) is 0. The Bertz CT molecular complexity index is 1310. The van der Waals surface area contributed by atoms with Crippen LogP contribution in [-0.2, 0) is 19.9 Å². The first-order valence-corrected chi connectivity index (χ1v) is 9.96. The fraction of sp³-hybridized carbons (Fsp3) is 0.125. The molecule has 5 rings (SSSR count). The maximum absolute atomic E-state index is 13.0. The zero-order chi connectivity index (χ0) is 23.5. The van der Waals surface area contributed by atoms with E-state index in [0.29, 0.717) is 16.7 Å².